The largest absolute Gasteiger partial charge is 0.388 e. The second-order valence-electron chi connectivity index (χ2n) is 7.40. The van der Waals surface area contributed by atoms with E-state index in [1.807, 2.05) is 6.08 Å². The van der Waals surface area contributed by atoms with E-state index < -0.39 is 11.4 Å². The van der Waals surface area contributed by atoms with Crippen molar-refractivity contribution in [2.75, 3.05) is 17.7 Å². The molecule has 0 amide bonds. The summed E-state index contributed by atoms with van der Waals surface area (Å²) in [5.41, 5.74) is 0.327. The second-order valence-corrected chi connectivity index (χ2v) is 7.96. The number of hydrogen-bond donors (Lipinski definition) is 3. The first-order valence-corrected chi connectivity index (χ1v) is 9.47. The van der Waals surface area contributed by atoms with Crippen molar-refractivity contribution in [1.82, 2.24) is 14.6 Å². The molecular weight excluding hydrogens is 371 g/mol. The Hall–Kier alpha value is -2.19. The molecule has 0 aromatic carbocycles. The number of nitrogen functional groups attached to an aromatic ring is 1. The molecule has 3 heterocycles. The molecule has 1 aliphatic heterocycles. The molecule has 144 valence electrons. The molecule has 3 atom stereocenters. The Labute approximate surface area is 160 Å². The summed E-state index contributed by atoms with van der Waals surface area (Å²) in [4.78, 5) is 12.9. The van der Waals surface area contributed by atoms with Crippen LogP contribution >= 0.6 is 11.6 Å². The molecular formula is C18H22ClFN6O. The summed E-state index contributed by atoms with van der Waals surface area (Å²) in [6.07, 6.45) is 7.99. The molecule has 2 aromatic rings. The number of nitrogens with two attached hydrogens (primary N) is 1. The lowest BCUT2D eigenvalue weighted by Crippen LogP contribution is -2.47. The van der Waals surface area contributed by atoms with Gasteiger partial charge in [0.2, 0.25) is 0 Å². The molecule has 0 radical (unpaired) electrons. The molecule has 4 N–H and O–H groups in total. The predicted molar refractivity (Wildman–Crippen MR) is 102 cm³/mol. The Kier molecular flexibility index (Phi) is 4.55. The van der Waals surface area contributed by atoms with Crippen molar-refractivity contribution in [3.05, 3.63) is 28.9 Å². The van der Waals surface area contributed by atoms with Crippen LogP contribution in [0.1, 0.15) is 32.6 Å². The van der Waals surface area contributed by atoms with Crippen LogP contribution in [0, 0.1) is 5.82 Å². The first kappa shape index (κ1) is 18.2. The van der Waals surface area contributed by atoms with E-state index in [-0.39, 0.29) is 17.2 Å². The monoisotopic (exact) mass is 392 g/mol. The van der Waals surface area contributed by atoms with Crippen molar-refractivity contribution in [3.63, 3.8) is 0 Å². The summed E-state index contributed by atoms with van der Waals surface area (Å²) in [6, 6.07) is -0.273. The van der Waals surface area contributed by atoms with E-state index in [9.17, 15) is 9.50 Å². The van der Waals surface area contributed by atoms with E-state index in [1.54, 1.807) is 13.1 Å². The summed E-state index contributed by atoms with van der Waals surface area (Å²) >= 11 is 6.19. The van der Waals surface area contributed by atoms with Crippen LogP contribution in [0.2, 0.25) is 0 Å². The number of nitrogens with zero attached hydrogens (tertiary/aromatic N) is 4. The first-order chi connectivity index (χ1) is 12.8. The minimum atomic E-state index is -0.909. The average Bonchev–Trinajstić information content (AvgIpc) is 2.94. The fourth-order valence-corrected chi connectivity index (χ4v) is 3.95. The maximum atomic E-state index is 14.4. The molecule has 0 saturated heterocycles. The molecule has 1 saturated carbocycles. The smallest absolute Gasteiger partial charge is 0.183 e. The molecule has 9 heteroatoms. The lowest BCUT2D eigenvalue weighted by atomic mass is 9.82. The summed E-state index contributed by atoms with van der Waals surface area (Å²) < 4.78 is 15.8. The van der Waals surface area contributed by atoms with Crippen LogP contribution in [-0.2, 0) is 0 Å². The van der Waals surface area contributed by atoms with Gasteiger partial charge in [0.25, 0.3) is 0 Å². The number of alkyl halides is 1. The minimum Gasteiger partial charge on any atom is -0.388 e. The lowest BCUT2D eigenvalue weighted by Gasteiger charge is -2.37. The maximum Gasteiger partial charge on any atom is 0.183 e. The van der Waals surface area contributed by atoms with Crippen molar-refractivity contribution in [1.29, 1.82) is 0 Å². The van der Waals surface area contributed by atoms with Gasteiger partial charge < -0.3 is 16.3 Å². The fraction of sp³-hybridized carbons (Fsp3) is 0.500. The minimum absolute atomic E-state index is 0.0702. The van der Waals surface area contributed by atoms with Crippen molar-refractivity contribution in [3.8, 4) is 11.4 Å². The standard InChI is InChI=1S/C18H22ClFN6O/c1-18(27)5-3-2-4-14(18)24-16-13(20)8-22-15(25-16)12-9-26(21)17-11(12)6-10(19)7-23-17/h6,8-10,14,27H,2-5,7,21H2,1H3,(H,22,24,25)/t10?,14-,18-/m0/s1. The highest BCUT2D eigenvalue weighted by Crippen LogP contribution is 2.30. The van der Waals surface area contributed by atoms with Gasteiger partial charge in [0.05, 0.1) is 29.8 Å². The van der Waals surface area contributed by atoms with Gasteiger partial charge in [0, 0.05) is 17.0 Å². The van der Waals surface area contributed by atoms with Gasteiger partial charge in [0.1, 0.15) is 0 Å². The Morgan fingerprint density at radius 1 is 1.44 bits per heavy atom. The first-order valence-electron chi connectivity index (χ1n) is 9.04. The van der Waals surface area contributed by atoms with Crippen LogP contribution in [0.25, 0.3) is 17.5 Å². The van der Waals surface area contributed by atoms with E-state index in [0.29, 0.717) is 29.8 Å². The Morgan fingerprint density at radius 2 is 2.26 bits per heavy atom. The Balaban J connectivity index is 1.73. The molecule has 27 heavy (non-hydrogen) atoms. The Morgan fingerprint density at radius 3 is 3.04 bits per heavy atom. The van der Waals surface area contributed by atoms with E-state index in [0.717, 1.165) is 30.7 Å². The zero-order valence-electron chi connectivity index (χ0n) is 15.0. The van der Waals surface area contributed by atoms with Gasteiger partial charge in [-0.2, -0.15) is 0 Å². The third-order valence-electron chi connectivity index (χ3n) is 5.28. The third-order valence-corrected chi connectivity index (χ3v) is 5.54. The summed E-state index contributed by atoms with van der Waals surface area (Å²) in [5.74, 6) is 5.81. The number of rotatable bonds is 3. The topological polar surface area (TPSA) is 101 Å². The number of aliphatic hydroxyl groups is 1. The molecule has 2 aliphatic rings. The fourth-order valence-electron chi connectivity index (χ4n) is 3.75. The SMILES string of the molecule is C[C@]1(O)CCCC[C@@H]1Nc1nc(-c2cn(N)c3c2=CC(Cl)CN=3)ncc1F. The highest BCUT2D eigenvalue weighted by atomic mass is 35.5. The van der Waals surface area contributed by atoms with Crippen LogP contribution in [0.3, 0.4) is 0 Å². The number of anilines is 1. The van der Waals surface area contributed by atoms with Gasteiger partial charge in [-0.15, -0.1) is 11.6 Å². The van der Waals surface area contributed by atoms with Crippen molar-refractivity contribution >= 4 is 23.5 Å². The van der Waals surface area contributed by atoms with Gasteiger partial charge in [-0.25, -0.2) is 14.4 Å². The van der Waals surface area contributed by atoms with Crippen LogP contribution in [0.15, 0.2) is 17.4 Å². The van der Waals surface area contributed by atoms with Crippen molar-refractivity contribution < 1.29 is 9.50 Å². The maximum absolute atomic E-state index is 14.4. The molecule has 4 rings (SSSR count). The summed E-state index contributed by atoms with van der Waals surface area (Å²) in [5, 5.41) is 14.2. The van der Waals surface area contributed by atoms with E-state index >= 15 is 0 Å². The number of nitrogens with one attached hydrogen (secondary N) is 1. The van der Waals surface area contributed by atoms with E-state index in [1.165, 1.54) is 4.68 Å². The Bertz CT molecular complexity index is 988. The molecule has 7 nitrogen and oxygen atoms in total. The highest BCUT2D eigenvalue weighted by Gasteiger charge is 2.35. The van der Waals surface area contributed by atoms with Gasteiger partial charge >= 0.3 is 0 Å². The summed E-state index contributed by atoms with van der Waals surface area (Å²) in [6.45, 7) is 2.22. The van der Waals surface area contributed by atoms with Gasteiger partial charge in [-0.3, -0.25) is 9.67 Å². The number of hydrogen-bond acceptors (Lipinski definition) is 6. The van der Waals surface area contributed by atoms with Crippen LogP contribution < -0.4 is 21.9 Å². The van der Waals surface area contributed by atoms with E-state index in [2.05, 4.69) is 20.3 Å². The molecule has 1 aliphatic carbocycles. The molecule has 0 bridgehead atoms. The van der Waals surface area contributed by atoms with Gasteiger partial charge in [0.15, 0.2) is 22.9 Å². The molecule has 0 spiro atoms. The van der Waals surface area contributed by atoms with Crippen LogP contribution in [0.4, 0.5) is 10.2 Å². The number of aromatic nitrogens is 3. The van der Waals surface area contributed by atoms with Crippen LogP contribution in [0.5, 0.6) is 0 Å². The zero-order chi connectivity index (χ0) is 19.2. The predicted octanol–water partition coefficient (Wildman–Crippen LogP) is 0.925. The summed E-state index contributed by atoms with van der Waals surface area (Å²) in [7, 11) is 0. The zero-order valence-corrected chi connectivity index (χ0v) is 15.7. The lowest BCUT2D eigenvalue weighted by molar-refractivity contribution is 0.0103. The molecule has 2 aromatic heterocycles. The second kappa shape index (κ2) is 6.76. The molecule has 1 unspecified atom stereocenters. The van der Waals surface area contributed by atoms with Crippen molar-refractivity contribution in [2.24, 2.45) is 4.99 Å². The number of fused-ring (bicyclic) bond motifs is 1. The van der Waals surface area contributed by atoms with Crippen LogP contribution in [-0.4, -0.2) is 43.3 Å². The number of halogens is 2. The quantitative estimate of drug-likeness (QED) is 0.532. The molecule has 1 fully saturated rings. The van der Waals surface area contributed by atoms with Gasteiger partial charge in [-0.05, 0) is 19.8 Å². The normalized spacial score (nSPS) is 27.4. The third kappa shape index (κ3) is 3.39. The van der Waals surface area contributed by atoms with Gasteiger partial charge in [-0.1, -0.05) is 18.9 Å². The van der Waals surface area contributed by atoms with E-state index in [4.69, 9.17) is 17.4 Å². The van der Waals surface area contributed by atoms with Crippen molar-refractivity contribution in [2.45, 2.75) is 49.6 Å². The average molecular weight is 393 g/mol. The highest BCUT2D eigenvalue weighted by molar-refractivity contribution is 6.24.